The molecule has 12 unspecified atom stereocenters. The Morgan fingerprint density at radius 2 is 0.790 bits per heavy atom. The highest BCUT2D eigenvalue weighted by Gasteiger charge is 2.51. The van der Waals surface area contributed by atoms with E-state index in [1.165, 1.54) is 238 Å². The normalized spacial score (nSPS) is 24.2. The van der Waals surface area contributed by atoms with Crippen molar-refractivity contribution in [1.82, 2.24) is 5.32 Å². The Hall–Kier alpha value is -1.53. The van der Waals surface area contributed by atoms with Crippen molar-refractivity contribution in [3.05, 3.63) is 24.3 Å². The molecule has 0 aliphatic carbocycles. The second-order valence-corrected chi connectivity index (χ2v) is 24.3. The van der Waals surface area contributed by atoms with Crippen molar-refractivity contribution in [1.29, 1.82) is 0 Å². The summed E-state index contributed by atoms with van der Waals surface area (Å²) in [6.07, 6.45) is 48.1. The van der Waals surface area contributed by atoms with E-state index in [-0.39, 0.29) is 18.9 Å². The second kappa shape index (κ2) is 52.8. The molecule has 478 valence electrons. The molecule has 2 aliphatic heterocycles. The first-order chi connectivity index (χ1) is 39.6. The fourth-order valence-corrected chi connectivity index (χ4v) is 11.4. The molecule has 14 heteroatoms. The van der Waals surface area contributed by atoms with E-state index in [2.05, 4.69) is 31.3 Å². The predicted molar refractivity (Wildman–Crippen MR) is 328 cm³/mol. The Balaban J connectivity index is 1.69. The lowest BCUT2D eigenvalue weighted by atomic mass is 9.97. The van der Waals surface area contributed by atoms with Gasteiger partial charge in [0.05, 0.1) is 32.0 Å². The smallest absolute Gasteiger partial charge is 0.220 e. The molecule has 2 saturated heterocycles. The highest BCUT2D eigenvalue weighted by molar-refractivity contribution is 5.76. The molecule has 12 atom stereocenters. The van der Waals surface area contributed by atoms with Gasteiger partial charge in [-0.05, 0) is 32.1 Å². The van der Waals surface area contributed by atoms with Crippen LogP contribution in [-0.2, 0) is 23.7 Å². The zero-order valence-electron chi connectivity index (χ0n) is 51.8. The number of carbonyl (C=O) groups excluding carboxylic acids is 1. The van der Waals surface area contributed by atoms with Crippen LogP contribution in [0.3, 0.4) is 0 Å². The van der Waals surface area contributed by atoms with Gasteiger partial charge in [0.2, 0.25) is 5.91 Å². The summed E-state index contributed by atoms with van der Waals surface area (Å²) in [7, 11) is 0. The maximum atomic E-state index is 13.3. The minimum Gasteiger partial charge on any atom is -0.394 e. The molecule has 0 bridgehead atoms. The lowest BCUT2D eigenvalue weighted by molar-refractivity contribution is -0.359. The Bertz CT molecular complexity index is 1450. The number of ether oxygens (including phenoxy) is 4. The van der Waals surface area contributed by atoms with Crippen molar-refractivity contribution in [3.63, 3.8) is 0 Å². The minimum atomic E-state index is -1.79. The molecule has 0 aromatic heterocycles. The SMILES string of the molecule is CCCCCCCCCCCCCCC/C=C/CC/C=C/C(O)C(COC1OC(CO)C(OC2OC(CO)C(O)C(O)C2O)C(O)C1O)NC(=O)CCCCCCCCCCCCCCCCCCCCCCCCCCCCCC. The van der Waals surface area contributed by atoms with Gasteiger partial charge in [0.1, 0.15) is 48.8 Å². The summed E-state index contributed by atoms with van der Waals surface area (Å²) < 4.78 is 22.8. The van der Waals surface area contributed by atoms with Crippen molar-refractivity contribution in [2.24, 2.45) is 0 Å². The molecule has 2 aliphatic rings. The highest BCUT2D eigenvalue weighted by atomic mass is 16.7. The summed E-state index contributed by atoms with van der Waals surface area (Å²) in [6.45, 7) is 2.83. The Kier molecular flexibility index (Phi) is 49.2. The molecule has 0 spiro atoms. The van der Waals surface area contributed by atoms with Crippen LogP contribution >= 0.6 is 0 Å². The van der Waals surface area contributed by atoms with Crippen LogP contribution in [0.15, 0.2) is 24.3 Å². The van der Waals surface area contributed by atoms with E-state index in [0.717, 1.165) is 32.1 Å². The number of aliphatic hydroxyl groups excluding tert-OH is 8. The quantitative estimate of drug-likeness (QED) is 0.0204. The van der Waals surface area contributed by atoms with Crippen molar-refractivity contribution in [3.8, 4) is 0 Å². The van der Waals surface area contributed by atoms with Gasteiger partial charge >= 0.3 is 0 Å². The average Bonchev–Trinajstić information content (AvgIpc) is 3.63. The number of nitrogens with one attached hydrogen (secondary N) is 1. The second-order valence-electron chi connectivity index (χ2n) is 24.3. The van der Waals surface area contributed by atoms with Crippen molar-refractivity contribution in [2.75, 3.05) is 19.8 Å². The summed E-state index contributed by atoms with van der Waals surface area (Å²) in [5.41, 5.74) is 0. The van der Waals surface area contributed by atoms with Crippen LogP contribution in [0.25, 0.3) is 0 Å². The van der Waals surface area contributed by atoms with Gasteiger partial charge in [-0.3, -0.25) is 4.79 Å². The molecule has 0 aromatic carbocycles. The summed E-state index contributed by atoms with van der Waals surface area (Å²) in [4.78, 5) is 13.3. The fraction of sp³-hybridized carbons (Fsp3) is 0.925. The third kappa shape index (κ3) is 37.6. The maximum absolute atomic E-state index is 13.3. The summed E-state index contributed by atoms with van der Waals surface area (Å²) in [5.74, 6) is -0.242. The molecule has 81 heavy (non-hydrogen) atoms. The Morgan fingerprint density at radius 3 is 1.21 bits per heavy atom. The van der Waals surface area contributed by atoms with Gasteiger partial charge in [0.25, 0.3) is 0 Å². The average molecular weight is 1150 g/mol. The number of amides is 1. The fourth-order valence-electron chi connectivity index (χ4n) is 11.4. The largest absolute Gasteiger partial charge is 0.394 e. The number of aliphatic hydroxyl groups is 8. The lowest BCUT2D eigenvalue weighted by Crippen LogP contribution is -2.65. The Labute approximate surface area is 494 Å². The van der Waals surface area contributed by atoms with E-state index in [4.69, 9.17) is 18.9 Å². The number of allylic oxidation sites excluding steroid dienone is 3. The first-order valence-electron chi connectivity index (χ1n) is 34.1. The highest BCUT2D eigenvalue weighted by Crippen LogP contribution is 2.30. The van der Waals surface area contributed by atoms with E-state index >= 15 is 0 Å². The van der Waals surface area contributed by atoms with Crippen LogP contribution in [0.5, 0.6) is 0 Å². The third-order valence-electron chi connectivity index (χ3n) is 16.9. The molecule has 0 saturated carbocycles. The van der Waals surface area contributed by atoms with E-state index in [9.17, 15) is 45.6 Å². The zero-order valence-corrected chi connectivity index (χ0v) is 51.8. The predicted octanol–water partition coefficient (Wildman–Crippen LogP) is 13.2. The Morgan fingerprint density at radius 1 is 0.432 bits per heavy atom. The molecule has 0 aromatic rings. The monoisotopic (exact) mass is 1150 g/mol. The molecule has 14 nitrogen and oxygen atoms in total. The van der Waals surface area contributed by atoms with Crippen molar-refractivity contribution < 1.29 is 64.6 Å². The molecule has 2 fully saturated rings. The molecular formula is C67H127NO13. The summed E-state index contributed by atoms with van der Waals surface area (Å²) >= 11 is 0. The van der Waals surface area contributed by atoms with Crippen LogP contribution in [-0.4, -0.2) is 140 Å². The first kappa shape index (κ1) is 75.6. The van der Waals surface area contributed by atoms with Gasteiger partial charge in [-0.15, -0.1) is 0 Å². The van der Waals surface area contributed by atoms with E-state index < -0.39 is 86.8 Å². The van der Waals surface area contributed by atoms with E-state index in [1.807, 2.05) is 6.08 Å². The summed E-state index contributed by atoms with van der Waals surface area (Å²) in [5, 5.41) is 87.3. The standard InChI is InChI=1S/C67H127NO13/c1-3-5-7-9-11-13-15-17-19-21-23-24-25-26-27-28-29-30-31-33-35-37-39-41-43-45-47-49-51-59(72)68-55(56(71)50-48-46-44-42-40-38-36-34-32-22-20-18-16-14-12-10-8-6-4-2)54-78-66-64(77)62(75)65(58(53-70)80-66)81-67-63(76)61(74)60(73)57(52-69)79-67/h40,42,48,50,55-58,60-67,69-71,73-77H,3-39,41,43-47,49,51-54H2,1-2H3,(H,68,72)/b42-40+,50-48+. The number of hydrogen-bond acceptors (Lipinski definition) is 13. The topological polar surface area (TPSA) is 228 Å². The minimum absolute atomic E-state index is 0.242. The summed E-state index contributed by atoms with van der Waals surface area (Å²) in [6, 6.07) is -0.928. The molecular weight excluding hydrogens is 1030 g/mol. The first-order valence-corrected chi connectivity index (χ1v) is 34.1. The van der Waals surface area contributed by atoms with Gasteiger partial charge in [-0.25, -0.2) is 0 Å². The van der Waals surface area contributed by atoms with Gasteiger partial charge in [-0.1, -0.05) is 289 Å². The zero-order chi connectivity index (χ0) is 58.8. The van der Waals surface area contributed by atoms with Gasteiger partial charge in [0, 0.05) is 6.42 Å². The molecule has 1 amide bonds. The van der Waals surface area contributed by atoms with E-state index in [0.29, 0.717) is 12.8 Å². The number of unbranched alkanes of at least 4 members (excludes halogenated alkanes) is 41. The van der Waals surface area contributed by atoms with Gasteiger partial charge < -0.3 is 65.1 Å². The van der Waals surface area contributed by atoms with Gasteiger partial charge in [0.15, 0.2) is 12.6 Å². The van der Waals surface area contributed by atoms with Crippen molar-refractivity contribution >= 4 is 5.91 Å². The van der Waals surface area contributed by atoms with Crippen LogP contribution in [0.1, 0.15) is 303 Å². The third-order valence-corrected chi connectivity index (χ3v) is 16.9. The number of rotatable bonds is 56. The van der Waals surface area contributed by atoms with Crippen molar-refractivity contribution in [2.45, 2.75) is 376 Å². The van der Waals surface area contributed by atoms with E-state index in [1.54, 1.807) is 6.08 Å². The number of carbonyl (C=O) groups is 1. The van der Waals surface area contributed by atoms with Crippen LogP contribution in [0.4, 0.5) is 0 Å². The molecule has 2 heterocycles. The van der Waals surface area contributed by atoms with Crippen LogP contribution < -0.4 is 5.32 Å². The maximum Gasteiger partial charge on any atom is 0.220 e. The van der Waals surface area contributed by atoms with Crippen LogP contribution in [0.2, 0.25) is 0 Å². The molecule has 2 rings (SSSR count). The van der Waals surface area contributed by atoms with Gasteiger partial charge in [-0.2, -0.15) is 0 Å². The molecule has 9 N–H and O–H groups in total. The molecule has 0 radical (unpaired) electrons. The number of hydrogen-bond donors (Lipinski definition) is 9. The van der Waals surface area contributed by atoms with Crippen LogP contribution in [0, 0.1) is 0 Å². The lowest BCUT2D eigenvalue weighted by Gasteiger charge is -2.46.